The maximum Gasteiger partial charge on any atom is 0.254 e. The zero-order valence-electron chi connectivity index (χ0n) is 12.4. The smallest absolute Gasteiger partial charge is 0.254 e. The predicted octanol–water partition coefficient (Wildman–Crippen LogP) is 1.27. The lowest BCUT2D eigenvalue weighted by Gasteiger charge is -2.36. The van der Waals surface area contributed by atoms with Gasteiger partial charge in [0.25, 0.3) is 5.91 Å². The molecule has 1 aliphatic rings. The second-order valence-corrected chi connectivity index (χ2v) is 5.57. The number of hydrogen-bond donors (Lipinski definition) is 3. The minimum Gasteiger partial charge on any atom is -0.409 e. The number of carbonyl (C=O) groups excluding carboxylic acids is 1. The van der Waals surface area contributed by atoms with Crippen LogP contribution in [-0.2, 0) is 0 Å². The molecule has 0 bridgehead atoms. The second kappa shape index (κ2) is 6.07. The van der Waals surface area contributed by atoms with E-state index in [0.717, 1.165) is 19.3 Å². The van der Waals surface area contributed by atoms with Crippen LogP contribution in [0.25, 0.3) is 0 Å². The van der Waals surface area contributed by atoms with E-state index in [1.54, 1.807) is 19.9 Å². The summed E-state index contributed by atoms with van der Waals surface area (Å²) in [7, 11) is 0. The lowest BCUT2D eigenvalue weighted by Crippen LogP contribution is -2.58. The first-order valence-corrected chi connectivity index (χ1v) is 7.10. The van der Waals surface area contributed by atoms with Crippen molar-refractivity contribution in [1.82, 2.24) is 15.5 Å². The zero-order valence-corrected chi connectivity index (χ0v) is 12.4. The van der Waals surface area contributed by atoms with Crippen LogP contribution in [0.4, 0.5) is 0 Å². The Labute approximate surface area is 123 Å². The number of aromatic nitrogens is 2. The third-order valence-corrected chi connectivity index (χ3v) is 4.00. The van der Waals surface area contributed by atoms with Gasteiger partial charge in [0.2, 0.25) is 0 Å². The molecular weight excluding hydrogens is 270 g/mol. The number of amides is 1. The van der Waals surface area contributed by atoms with E-state index in [1.165, 1.54) is 0 Å². The normalized spacial score (nSPS) is 18.3. The number of rotatable bonds is 3. The number of aryl methyl sites for hydroxylation is 2. The van der Waals surface area contributed by atoms with E-state index in [4.69, 9.17) is 10.9 Å². The van der Waals surface area contributed by atoms with Crippen molar-refractivity contribution in [3.63, 3.8) is 0 Å². The summed E-state index contributed by atoms with van der Waals surface area (Å²) >= 11 is 0. The van der Waals surface area contributed by atoms with Gasteiger partial charge in [-0.15, -0.1) is 0 Å². The first-order valence-electron chi connectivity index (χ1n) is 7.10. The molecule has 0 unspecified atom stereocenters. The molecule has 7 heteroatoms. The Morgan fingerprint density at radius 2 is 2.00 bits per heavy atom. The van der Waals surface area contributed by atoms with Crippen molar-refractivity contribution >= 4 is 11.7 Å². The van der Waals surface area contributed by atoms with Crippen LogP contribution in [0.5, 0.6) is 0 Å². The Hall–Kier alpha value is -2.18. The summed E-state index contributed by atoms with van der Waals surface area (Å²) in [5.74, 6) is -0.203. The van der Waals surface area contributed by atoms with Gasteiger partial charge in [-0.05, 0) is 32.8 Å². The first kappa shape index (κ1) is 15.2. The van der Waals surface area contributed by atoms with Gasteiger partial charge < -0.3 is 16.3 Å². The Morgan fingerprint density at radius 1 is 1.33 bits per heavy atom. The molecule has 0 aliphatic heterocycles. The van der Waals surface area contributed by atoms with Crippen LogP contribution in [-0.4, -0.2) is 32.7 Å². The van der Waals surface area contributed by atoms with Gasteiger partial charge in [-0.2, -0.15) is 10.2 Å². The number of nitrogens with zero attached hydrogens (tertiary/aromatic N) is 3. The standard InChI is InChI=1S/C14H21N5O2/c1-9-8-11(10(2)18-17-9)12(20)16-14(13(15)19-21)6-4-3-5-7-14/h8,21H,3-7H2,1-2H3,(H2,15,19)(H,16,20). The Morgan fingerprint density at radius 3 is 2.62 bits per heavy atom. The van der Waals surface area contributed by atoms with E-state index < -0.39 is 5.54 Å². The third kappa shape index (κ3) is 3.12. The predicted molar refractivity (Wildman–Crippen MR) is 78.2 cm³/mol. The van der Waals surface area contributed by atoms with E-state index in [9.17, 15) is 4.79 Å². The summed E-state index contributed by atoms with van der Waals surface area (Å²) < 4.78 is 0. The molecule has 1 aromatic heterocycles. The fourth-order valence-corrected chi connectivity index (χ4v) is 2.76. The lowest BCUT2D eigenvalue weighted by atomic mass is 9.80. The van der Waals surface area contributed by atoms with E-state index in [2.05, 4.69) is 20.7 Å². The van der Waals surface area contributed by atoms with Gasteiger partial charge in [-0.3, -0.25) is 4.79 Å². The maximum atomic E-state index is 12.5. The first-order chi connectivity index (χ1) is 9.98. The molecule has 0 saturated heterocycles. The SMILES string of the molecule is Cc1cc(C(=O)NC2(/C(N)=N/O)CCCCC2)c(C)nn1. The molecule has 114 valence electrons. The van der Waals surface area contributed by atoms with Crippen molar-refractivity contribution in [2.24, 2.45) is 10.9 Å². The molecule has 0 atom stereocenters. The monoisotopic (exact) mass is 291 g/mol. The molecule has 1 saturated carbocycles. The fourth-order valence-electron chi connectivity index (χ4n) is 2.76. The summed E-state index contributed by atoms with van der Waals surface area (Å²) in [6.07, 6.45) is 4.30. The van der Waals surface area contributed by atoms with Crippen molar-refractivity contribution in [1.29, 1.82) is 0 Å². The number of nitrogens with one attached hydrogen (secondary N) is 1. The molecule has 1 heterocycles. The Kier molecular flexibility index (Phi) is 4.40. The summed E-state index contributed by atoms with van der Waals surface area (Å²) in [6.45, 7) is 3.52. The minimum atomic E-state index is -0.770. The molecule has 4 N–H and O–H groups in total. The molecule has 1 amide bonds. The summed E-state index contributed by atoms with van der Waals surface area (Å²) in [4.78, 5) is 12.5. The van der Waals surface area contributed by atoms with Gasteiger partial charge in [-0.25, -0.2) is 0 Å². The number of hydrogen-bond acceptors (Lipinski definition) is 5. The Balaban J connectivity index is 2.28. The summed E-state index contributed by atoms with van der Waals surface area (Å²) in [5.41, 5.74) is 6.77. The minimum absolute atomic E-state index is 0.0620. The molecule has 1 aromatic rings. The van der Waals surface area contributed by atoms with Crippen LogP contribution in [0, 0.1) is 13.8 Å². The highest BCUT2D eigenvalue weighted by molar-refractivity contribution is 6.00. The number of carbonyl (C=O) groups is 1. The number of amidine groups is 1. The molecule has 0 spiro atoms. The van der Waals surface area contributed by atoms with E-state index in [-0.39, 0.29) is 11.7 Å². The topological polar surface area (TPSA) is 113 Å². The largest absolute Gasteiger partial charge is 0.409 e. The lowest BCUT2D eigenvalue weighted by molar-refractivity contribution is 0.0904. The highest BCUT2D eigenvalue weighted by Crippen LogP contribution is 2.29. The van der Waals surface area contributed by atoms with Crippen LogP contribution < -0.4 is 11.1 Å². The van der Waals surface area contributed by atoms with Crippen molar-refractivity contribution in [3.8, 4) is 0 Å². The highest BCUT2D eigenvalue weighted by atomic mass is 16.4. The molecule has 0 radical (unpaired) electrons. The van der Waals surface area contributed by atoms with Crippen molar-refractivity contribution < 1.29 is 10.0 Å². The van der Waals surface area contributed by atoms with Crippen molar-refractivity contribution in [2.75, 3.05) is 0 Å². The van der Waals surface area contributed by atoms with E-state index in [1.807, 2.05) is 0 Å². The van der Waals surface area contributed by atoms with E-state index in [0.29, 0.717) is 29.8 Å². The highest BCUT2D eigenvalue weighted by Gasteiger charge is 2.38. The van der Waals surface area contributed by atoms with Gasteiger partial charge in [0.1, 0.15) is 5.54 Å². The maximum absolute atomic E-state index is 12.5. The van der Waals surface area contributed by atoms with Gasteiger partial charge in [0.15, 0.2) is 5.84 Å². The average Bonchev–Trinajstić information content (AvgIpc) is 2.49. The second-order valence-electron chi connectivity index (χ2n) is 5.57. The van der Waals surface area contributed by atoms with Crippen LogP contribution in [0.15, 0.2) is 11.2 Å². The average molecular weight is 291 g/mol. The fraction of sp³-hybridized carbons (Fsp3) is 0.571. The Bertz CT molecular complexity index is 564. The molecule has 1 aliphatic carbocycles. The summed E-state index contributed by atoms with van der Waals surface area (Å²) in [6, 6.07) is 1.69. The molecule has 21 heavy (non-hydrogen) atoms. The van der Waals surface area contributed by atoms with Crippen LogP contribution in [0.3, 0.4) is 0 Å². The van der Waals surface area contributed by atoms with Gasteiger partial charge in [0, 0.05) is 0 Å². The van der Waals surface area contributed by atoms with Crippen molar-refractivity contribution in [2.45, 2.75) is 51.5 Å². The van der Waals surface area contributed by atoms with Gasteiger partial charge in [0.05, 0.1) is 17.0 Å². The van der Waals surface area contributed by atoms with Gasteiger partial charge in [-0.1, -0.05) is 24.4 Å². The number of nitrogens with two attached hydrogens (primary N) is 1. The van der Waals surface area contributed by atoms with Crippen LogP contribution in [0.2, 0.25) is 0 Å². The van der Waals surface area contributed by atoms with Crippen molar-refractivity contribution in [3.05, 3.63) is 23.0 Å². The van der Waals surface area contributed by atoms with Gasteiger partial charge >= 0.3 is 0 Å². The molecule has 0 aromatic carbocycles. The zero-order chi connectivity index (χ0) is 15.5. The molecular formula is C14H21N5O2. The molecule has 2 rings (SSSR count). The van der Waals surface area contributed by atoms with Crippen LogP contribution >= 0.6 is 0 Å². The quantitative estimate of drug-likeness (QED) is 0.336. The van der Waals surface area contributed by atoms with Crippen LogP contribution in [0.1, 0.15) is 53.8 Å². The molecule has 1 fully saturated rings. The third-order valence-electron chi connectivity index (χ3n) is 4.00. The van der Waals surface area contributed by atoms with E-state index >= 15 is 0 Å². The molecule has 7 nitrogen and oxygen atoms in total. The summed E-state index contributed by atoms with van der Waals surface area (Å²) in [5, 5.41) is 23.0. The number of oxime groups is 1.